The lowest BCUT2D eigenvalue weighted by molar-refractivity contribution is 0.302. The minimum absolute atomic E-state index is 0.266. The third kappa shape index (κ3) is 4.88. The SMILES string of the molecule is CCN(CC)CCNCc1nn(C(C)C)nc1-c1ccccc1. The van der Waals surface area contributed by atoms with Crippen LogP contribution in [-0.2, 0) is 6.54 Å². The summed E-state index contributed by atoms with van der Waals surface area (Å²) in [4.78, 5) is 4.22. The summed E-state index contributed by atoms with van der Waals surface area (Å²) < 4.78 is 0. The van der Waals surface area contributed by atoms with E-state index in [1.54, 1.807) is 0 Å². The summed E-state index contributed by atoms with van der Waals surface area (Å²) in [5, 5.41) is 12.9. The van der Waals surface area contributed by atoms with Crippen molar-refractivity contribution in [3.8, 4) is 11.3 Å². The van der Waals surface area contributed by atoms with Gasteiger partial charge in [0.05, 0.1) is 6.04 Å². The molecule has 1 N–H and O–H groups in total. The van der Waals surface area contributed by atoms with Crippen molar-refractivity contribution in [2.75, 3.05) is 26.2 Å². The zero-order valence-corrected chi connectivity index (χ0v) is 14.8. The van der Waals surface area contributed by atoms with Gasteiger partial charge in [0.25, 0.3) is 0 Å². The minimum Gasteiger partial charge on any atom is -0.310 e. The summed E-state index contributed by atoms with van der Waals surface area (Å²) in [6.07, 6.45) is 0. The van der Waals surface area contributed by atoms with Gasteiger partial charge in [0.2, 0.25) is 0 Å². The maximum atomic E-state index is 4.68. The first-order valence-corrected chi connectivity index (χ1v) is 8.59. The molecule has 1 heterocycles. The molecule has 0 unspecified atom stereocenters. The number of benzene rings is 1. The molecular formula is C18H29N5. The first kappa shape index (κ1) is 17.6. The molecule has 1 aromatic heterocycles. The first-order chi connectivity index (χ1) is 11.2. The van der Waals surface area contributed by atoms with E-state index in [2.05, 4.69) is 60.2 Å². The van der Waals surface area contributed by atoms with Crippen LogP contribution in [0.5, 0.6) is 0 Å². The fraction of sp³-hybridized carbons (Fsp3) is 0.556. The summed E-state index contributed by atoms with van der Waals surface area (Å²) in [6, 6.07) is 10.6. The average molecular weight is 315 g/mol. The summed E-state index contributed by atoms with van der Waals surface area (Å²) in [7, 11) is 0. The largest absolute Gasteiger partial charge is 0.310 e. The van der Waals surface area contributed by atoms with E-state index in [0.717, 1.165) is 49.7 Å². The van der Waals surface area contributed by atoms with Crippen LogP contribution in [0.1, 0.15) is 39.4 Å². The van der Waals surface area contributed by atoms with E-state index < -0.39 is 0 Å². The van der Waals surface area contributed by atoms with E-state index in [1.807, 2.05) is 23.0 Å². The Morgan fingerprint density at radius 1 is 1.09 bits per heavy atom. The molecule has 0 aliphatic heterocycles. The molecule has 0 atom stereocenters. The zero-order chi connectivity index (χ0) is 16.7. The molecule has 2 rings (SSSR count). The monoisotopic (exact) mass is 315 g/mol. The molecular weight excluding hydrogens is 286 g/mol. The lowest BCUT2D eigenvalue weighted by Gasteiger charge is -2.17. The van der Waals surface area contributed by atoms with Gasteiger partial charge in [-0.15, -0.1) is 0 Å². The van der Waals surface area contributed by atoms with E-state index in [1.165, 1.54) is 0 Å². The Hall–Kier alpha value is -1.72. The lowest BCUT2D eigenvalue weighted by Crippen LogP contribution is -2.31. The molecule has 5 heteroatoms. The van der Waals surface area contributed by atoms with E-state index >= 15 is 0 Å². The molecule has 1 aromatic carbocycles. The van der Waals surface area contributed by atoms with E-state index in [4.69, 9.17) is 0 Å². The topological polar surface area (TPSA) is 46.0 Å². The molecule has 0 spiro atoms. The fourth-order valence-electron chi connectivity index (χ4n) is 2.51. The third-order valence-electron chi connectivity index (χ3n) is 4.00. The minimum atomic E-state index is 0.266. The second-order valence-electron chi connectivity index (χ2n) is 5.98. The van der Waals surface area contributed by atoms with Crippen LogP contribution in [0.2, 0.25) is 0 Å². The number of nitrogens with zero attached hydrogens (tertiary/aromatic N) is 4. The highest BCUT2D eigenvalue weighted by atomic mass is 15.5. The Morgan fingerprint density at radius 3 is 2.39 bits per heavy atom. The molecule has 126 valence electrons. The molecule has 0 saturated carbocycles. The van der Waals surface area contributed by atoms with Crippen LogP contribution < -0.4 is 5.32 Å². The number of nitrogens with one attached hydrogen (secondary N) is 1. The molecule has 0 aliphatic rings. The smallest absolute Gasteiger partial charge is 0.117 e. The standard InChI is InChI=1S/C18H29N5/c1-5-22(6-2)13-12-19-14-17-18(16-10-8-7-9-11-16)21-23(20-17)15(3)4/h7-11,15,19H,5-6,12-14H2,1-4H3. The molecule has 0 radical (unpaired) electrons. The summed E-state index contributed by atoms with van der Waals surface area (Å²) >= 11 is 0. The molecule has 0 fully saturated rings. The van der Waals surface area contributed by atoms with Crippen LogP contribution in [0.15, 0.2) is 30.3 Å². The second kappa shape index (κ2) is 8.79. The number of aromatic nitrogens is 3. The number of likely N-dealkylation sites (N-methyl/N-ethyl adjacent to an activating group) is 1. The van der Waals surface area contributed by atoms with Crippen LogP contribution in [0.3, 0.4) is 0 Å². The Bertz CT molecular complexity index is 572. The molecule has 0 amide bonds. The molecule has 0 bridgehead atoms. The van der Waals surface area contributed by atoms with Gasteiger partial charge in [-0.05, 0) is 26.9 Å². The summed E-state index contributed by atoms with van der Waals surface area (Å²) in [5.74, 6) is 0. The molecule has 0 saturated heterocycles. The van der Waals surface area contributed by atoms with E-state index in [0.29, 0.717) is 0 Å². The van der Waals surface area contributed by atoms with Crippen molar-refractivity contribution in [1.29, 1.82) is 0 Å². The van der Waals surface area contributed by atoms with E-state index in [-0.39, 0.29) is 6.04 Å². The highest BCUT2D eigenvalue weighted by Crippen LogP contribution is 2.21. The number of hydrogen-bond acceptors (Lipinski definition) is 4. The van der Waals surface area contributed by atoms with Gasteiger partial charge in [0, 0.05) is 25.2 Å². The van der Waals surface area contributed by atoms with Gasteiger partial charge in [0.1, 0.15) is 11.4 Å². The van der Waals surface area contributed by atoms with Crippen molar-refractivity contribution in [2.45, 2.75) is 40.3 Å². The van der Waals surface area contributed by atoms with Crippen LogP contribution >= 0.6 is 0 Å². The van der Waals surface area contributed by atoms with Gasteiger partial charge in [-0.2, -0.15) is 15.0 Å². The van der Waals surface area contributed by atoms with Crippen LogP contribution in [0.25, 0.3) is 11.3 Å². The summed E-state index contributed by atoms with van der Waals surface area (Å²) in [6.45, 7) is 13.6. The van der Waals surface area contributed by atoms with Gasteiger partial charge in [-0.1, -0.05) is 44.2 Å². The highest BCUT2D eigenvalue weighted by Gasteiger charge is 2.14. The Morgan fingerprint density at radius 2 is 1.78 bits per heavy atom. The Kier molecular flexibility index (Phi) is 6.74. The number of hydrogen-bond donors (Lipinski definition) is 1. The summed E-state index contributed by atoms with van der Waals surface area (Å²) in [5.41, 5.74) is 3.12. The van der Waals surface area contributed by atoms with Crippen molar-refractivity contribution in [3.63, 3.8) is 0 Å². The second-order valence-corrected chi connectivity index (χ2v) is 5.98. The predicted molar refractivity (Wildman–Crippen MR) is 95.3 cm³/mol. The lowest BCUT2D eigenvalue weighted by atomic mass is 10.1. The van der Waals surface area contributed by atoms with Gasteiger partial charge in [-0.25, -0.2) is 0 Å². The average Bonchev–Trinajstić information content (AvgIpc) is 3.00. The fourth-order valence-corrected chi connectivity index (χ4v) is 2.51. The van der Waals surface area contributed by atoms with Gasteiger partial charge in [0.15, 0.2) is 0 Å². The maximum Gasteiger partial charge on any atom is 0.117 e. The van der Waals surface area contributed by atoms with Crippen LogP contribution in [-0.4, -0.2) is 46.1 Å². The first-order valence-electron chi connectivity index (χ1n) is 8.59. The molecule has 2 aromatic rings. The van der Waals surface area contributed by atoms with Crippen molar-refractivity contribution >= 4 is 0 Å². The quantitative estimate of drug-likeness (QED) is 0.723. The predicted octanol–water partition coefficient (Wildman–Crippen LogP) is 2.96. The zero-order valence-electron chi connectivity index (χ0n) is 14.8. The Labute approximate surface area is 139 Å². The third-order valence-corrected chi connectivity index (χ3v) is 4.00. The van der Waals surface area contributed by atoms with Gasteiger partial charge < -0.3 is 10.2 Å². The van der Waals surface area contributed by atoms with Crippen LogP contribution in [0, 0.1) is 0 Å². The highest BCUT2D eigenvalue weighted by molar-refractivity contribution is 5.60. The van der Waals surface area contributed by atoms with Crippen LogP contribution in [0.4, 0.5) is 0 Å². The number of rotatable bonds is 9. The normalized spacial score (nSPS) is 11.6. The van der Waals surface area contributed by atoms with E-state index in [9.17, 15) is 0 Å². The van der Waals surface area contributed by atoms with Crippen molar-refractivity contribution in [2.24, 2.45) is 0 Å². The Balaban J connectivity index is 2.05. The van der Waals surface area contributed by atoms with Crippen molar-refractivity contribution in [3.05, 3.63) is 36.0 Å². The van der Waals surface area contributed by atoms with Crippen molar-refractivity contribution < 1.29 is 0 Å². The molecule has 23 heavy (non-hydrogen) atoms. The maximum absolute atomic E-state index is 4.68. The van der Waals surface area contributed by atoms with Gasteiger partial charge >= 0.3 is 0 Å². The van der Waals surface area contributed by atoms with Crippen molar-refractivity contribution in [1.82, 2.24) is 25.2 Å². The van der Waals surface area contributed by atoms with Gasteiger partial charge in [-0.3, -0.25) is 0 Å². The molecule has 0 aliphatic carbocycles. The molecule has 5 nitrogen and oxygen atoms in total.